The Hall–Kier alpha value is -1.93. The van der Waals surface area contributed by atoms with Crippen LogP contribution in [0.2, 0.25) is 0 Å². The Morgan fingerprint density at radius 1 is 1.38 bits per heavy atom. The Bertz CT molecular complexity index is 650. The molecule has 24 heavy (non-hydrogen) atoms. The lowest BCUT2D eigenvalue weighted by molar-refractivity contribution is 0.0506. The van der Waals surface area contributed by atoms with Crippen molar-refractivity contribution in [3.63, 3.8) is 0 Å². The average molecular weight is 350 g/mol. The molecule has 8 heteroatoms. The zero-order valence-corrected chi connectivity index (χ0v) is 14.6. The number of hydrogen-bond donors (Lipinski definition) is 2. The number of carbonyl (C=O) groups is 1. The topological polar surface area (TPSA) is 89.3 Å². The van der Waals surface area contributed by atoms with E-state index in [1.54, 1.807) is 0 Å². The van der Waals surface area contributed by atoms with Crippen molar-refractivity contribution in [1.82, 2.24) is 15.5 Å². The van der Waals surface area contributed by atoms with E-state index in [4.69, 9.17) is 9.26 Å². The second-order valence-electron chi connectivity index (χ2n) is 6.18. The van der Waals surface area contributed by atoms with Crippen LogP contribution in [0.15, 0.2) is 21.3 Å². The van der Waals surface area contributed by atoms with Crippen LogP contribution < -0.4 is 10.6 Å². The van der Waals surface area contributed by atoms with Crippen LogP contribution in [0.5, 0.6) is 0 Å². The van der Waals surface area contributed by atoms with Gasteiger partial charge >= 0.3 is 6.03 Å². The first-order valence-corrected chi connectivity index (χ1v) is 9.08. The van der Waals surface area contributed by atoms with Crippen LogP contribution in [-0.4, -0.2) is 29.4 Å². The average Bonchev–Trinajstić information content (AvgIpc) is 3.25. The number of rotatable bonds is 5. The summed E-state index contributed by atoms with van der Waals surface area (Å²) in [7, 11) is 0. The molecule has 3 heterocycles. The maximum Gasteiger partial charge on any atom is 0.319 e. The van der Waals surface area contributed by atoms with Crippen LogP contribution in [0.4, 0.5) is 10.5 Å². The molecule has 1 fully saturated rings. The van der Waals surface area contributed by atoms with E-state index in [1.807, 2.05) is 30.7 Å². The highest BCUT2D eigenvalue weighted by Crippen LogP contribution is 2.30. The summed E-state index contributed by atoms with van der Waals surface area (Å²) in [5.74, 6) is 1.51. The van der Waals surface area contributed by atoms with E-state index < -0.39 is 0 Å². The van der Waals surface area contributed by atoms with Crippen LogP contribution in [0.25, 0.3) is 0 Å². The summed E-state index contributed by atoms with van der Waals surface area (Å²) in [5, 5.41) is 13.7. The molecule has 1 atom stereocenters. The van der Waals surface area contributed by atoms with Gasteiger partial charge in [-0.3, -0.25) is 0 Å². The number of anilines is 1. The van der Waals surface area contributed by atoms with E-state index in [2.05, 4.69) is 20.8 Å². The van der Waals surface area contributed by atoms with Gasteiger partial charge in [0.2, 0.25) is 5.89 Å². The van der Waals surface area contributed by atoms with E-state index in [9.17, 15) is 4.79 Å². The van der Waals surface area contributed by atoms with Gasteiger partial charge in [0.1, 0.15) is 6.04 Å². The van der Waals surface area contributed by atoms with Crippen molar-refractivity contribution < 1.29 is 14.1 Å². The van der Waals surface area contributed by atoms with Crippen molar-refractivity contribution in [2.75, 3.05) is 18.5 Å². The molecule has 2 aromatic rings. The number of ether oxygens (including phenoxy) is 1. The second-order valence-corrected chi connectivity index (χ2v) is 6.96. The van der Waals surface area contributed by atoms with Crippen molar-refractivity contribution in [2.45, 2.75) is 38.6 Å². The molecule has 1 saturated heterocycles. The molecule has 1 aliphatic heterocycles. The molecule has 0 aromatic carbocycles. The van der Waals surface area contributed by atoms with Gasteiger partial charge in [0.25, 0.3) is 0 Å². The van der Waals surface area contributed by atoms with Gasteiger partial charge in [-0.15, -0.1) is 0 Å². The highest BCUT2D eigenvalue weighted by atomic mass is 32.1. The molecular weight excluding hydrogens is 328 g/mol. The zero-order valence-electron chi connectivity index (χ0n) is 13.8. The SMILES string of the molecule is CC(C)c1noc([C@@H](NC(=O)Nc2ccsc2)C2CCOCC2)n1. The summed E-state index contributed by atoms with van der Waals surface area (Å²) in [6.07, 6.45) is 1.70. The van der Waals surface area contributed by atoms with E-state index in [0.29, 0.717) is 24.9 Å². The van der Waals surface area contributed by atoms with Gasteiger partial charge < -0.3 is 19.9 Å². The quantitative estimate of drug-likeness (QED) is 0.861. The lowest BCUT2D eigenvalue weighted by atomic mass is 9.91. The molecule has 0 saturated carbocycles. The Labute approximate surface area is 144 Å². The van der Waals surface area contributed by atoms with Gasteiger partial charge in [-0.05, 0) is 30.2 Å². The maximum atomic E-state index is 12.3. The molecular formula is C16H22N4O3S. The first-order chi connectivity index (χ1) is 11.6. The lowest BCUT2D eigenvalue weighted by Gasteiger charge is -2.28. The van der Waals surface area contributed by atoms with Gasteiger partial charge in [-0.2, -0.15) is 16.3 Å². The normalized spacial score (nSPS) is 17.0. The van der Waals surface area contributed by atoms with Gasteiger partial charge in [0, 0.05) is 24.5 Å². The summed E-state index contributed by atoms with van der Waals surface area (Å²) in [4.78, 5) is 16.8. The monoisotopic (exact) mass is 350 g/mol. The number of carbonyl (C=O) groups excluding carboxylic acids is 1. The van der Waals surface area contributed by atoms with E-state index >= 15 is 0 Å². The number of aromatic nitrogens is 2. The number of hydrogen-bond acceptors (Lipinski definition) is 6. The Balaban J connectivity index is 1.74. The molecule has 0 spiro atoms. The van der Waals surface area contributed by atoms with E-state index in [-0.39, 0.29) is 23.9 Å². The third-order valence-corrected chi connectivity index (χ3v) is 4.73. The molecule has 0 unspecified atom stereocenters. The molecule has 3 rings (SSSR count). The third kappa shape index (κ3) is 4.12. The van der Waals surface area contributed by atoms with Gasteiger partial charge in [-0.25, -0.2) is 4.79 Å². The minimum absolute atomic E-state index is 0.178. The minimum atomic E-state index is -0.312. The van der Waals surface area contributed by atoms with Crippen LogP contribution >= 0.6 is 11.3 Å². The van der Waals surface area contributed by atoms with E-state index in [0.717, 1.165) is 18.5 Å². The van der Waals surface area contributed by atoms with Gasteiger partial charge in [-0.1, -0.05) is 19.0 Å². The summed E-state index contributed by atoms with van der Waals surface area (Å²) < 4.78 is 10.9. The van der Waals surface area contributed by atoms with Crippen LogP contribution in [0.1, 0.15) is 50.4 Å². The number of nitrogens with one attached hydrogen (secondary N) is 2. The summed E-state index contributed by atoms with van der Waals surface area (Å²) in [6, 6.07) is 1.28. The zero-order chi connectivity index (χ0) is 16.9. The van der Waals surface area contributed by atoms with Crippen molar-refractivity contribution in [2.24, 2.45) is 5.92 Å². The van der Waals surface area contributed by atoms with Crippen LogP contribution in [0, 0.1) is 5.92 Å². The second kappa shape index (κ2) is 7.76. The first-order valence-electron chi connectivity index (χ1n) is 8.14. The number of thiophene rings is 1. The molecule has 130 valence electrons. The molecule has 0 aliphatic carbocycles. The fourth-order valence-corrected chi connectivity index (χ4v) is 3.27. The lowest BCUT2D eigenvalue weighted by Crippen LogP contribution is -2.38. The minimum Gasteiger partial charge on any atom is -0.381 e. The van der Waals surface area contributed by atoms with Gasteiger partial charge in [0.15, 0.2) is 5.82 Å². The maximum absolute atomic E-state index is 12.3. The fraction of sp³-hybridized carbons (Fsp3) is 0.562. The molecule has 2 amide bonds. The Morgan fingerprint density at radius 2 is 2.17 bits per heavy atom. The molecule has 1 aliphatic rings. The summed E-state index contributed by atoms with van der Waals surface area (Å²) >= 11 is 1.53. The van der Waals surface area contributed by atoms with Crippen LogP contribution in [-0.2, 0) is 4.74 Å². The predicted molar refractivity (Wildman–Crippen MR) is 91.1 cm³/mol. The number of nitrogens with zero attached hydrogens (tertiary/aromatic N) is 2. The molecule has 7 nitrogen and oxygen atoms in total. The highest BCUT2D eigenvalue weighted by molar-refractivity contribution is 7.08. The van der Waals surface area contributed by atoms with Crippen molar-refractivity contribution in [3.05, 3.63) is 28.5 Å². The van der Waals surface area contributed by atoms with Crippen molar-refractivity contribution in [1.29, 1.82) is 0 Å². The third-order valence-electron chi connectivity index (χ3n) is 4.04. The Kier molecular flexibility index (Phi) is 5.47. The summed E-state index contributed by atoms with van der Waals surface area (Å²) in [5.41, 5.74) is 0.775. The molecule has 0 radical (unpaired) electrons. The fourth-order valence-electron chi connectivity index (χ4n) is 2.68. The molecule has 0 bridgehead atoms. The standard InChI is InChI=1S/C16H22N4O3S/c1-10(2)14-19-15(23-20-14)13(11-3-6-22-7-4-11)18-16(21)17-12-5-8-24-9-12/h5,8-11,13H,3-4,6-7H2,1-2H3,(H2,17,18,21)/t13-/m0/s1. The van der Waals surface area contributed by atoms with E-state index in [1.165, 1.54) is 11.3 Å². The number of amides is 2. The van der Waals surface area contributed by atoms with Crippen molar-refractivity contribution in [3.8, 4) is 0 Å². The Morgan fingerprint density at radius 3 is 2.79 bits per heavy atom. The predicted octanol–water partition coefficient (Wildman–Crippen LogP) is 3.54. The van der Waals surface area contributed by atoms with Crippen LogP contribution in [0.3, 0.4) is 0 Å². The van der Waals surface area contributed by atoms with Gasteiger partial charge in [0.05, 0.1) is 5.69 Å². The summed E-state index contributed by atoms with van der Waals surface area (Å²) in [6.45, 7) is 5.38. The molecule has 2 N–H and O–H groups in total. The highest BCUT2D eigenvalue weighted by Gasteiger charge is 2.31. The number of urea groups is 1. The smallest absolute Gasteiger partial charge is 0.319 e. The van der Waals surface area contributed by atoms with Crippen molar-refractivity contribution >= 4 is 23.1 Å². The molecule has 2 aromatic heterocycles. The first kappa shape index (κ1) is 16.9. The largest absolute Gasteiger partial charge is 0.381 e.